The third-order valence-corrected chi connectivity index (χ3v) is 4.83. The molecule has 3 rings (SSSR count). The second-order valence-corrected chi connectivity index (χ2v) is 7.67. The number of pyridine rings is 1. The molecule has 146 valence electrons. The van der Waals surface area contributed by atoms with Gasteiger partial charge in [-0.25, -0.2) is 4.79 Å². The molecule has 0 amide bonds. The lowest BCUT2D eigenvalue weighted by Crippen LogP contribution is -2.14. The van der Waals surface area contributed by atoms with Crippen LogP contribution in [0.3, 0.4) is 0 Å². The van der Waals surface area contributed by atoms with Crippen LogP contribution in [0, 0.1) is 24.2 Å². The zero-order chi connectivity index (χ0) is 21.0. The minimum Gasteiger partial charge on any atom is -0.478 e. The molecule has 0 spiro atoms. The number of hydrogen-bond donors (Lipinski definition) is 1. The summed E-state index contributed by atoms with van der Waals surface area (Å²) in [7, 11) is 0. The average molecular weight is 384 g/mol. The molecule has 3 aromatic rings. The highest BCUT2D eigenvalue weighted by molar-refractivity contribution is 5.99. The summed E-state index contributed by atoms with van der Waals surface area (Å²) >= 11 is 0. The van der Waals surface area contributed by atoms with Crippen LogP contribution < -0.4 is 0 Å². The Morgan fingerprint density at radius 1 is 1.07 bits per heavy atom. The molecule has 4 nitrogen and oxygen atoms in total. The summed E-state index contributed by atoms with van der Waals surface area (Å²) in [4.78, 5) is 17.0. The van der Waals surface area contributed by atoms with Crippen LogP contribution in [0.1, 0.15) is 52.3 Å². The van der Waals surface area contributed by atoms with Crippen molar-refractivity contribution in [2.45, 2.75) is 33.6 Å². The number of aryl methyl sites for hydroxylation is 1. The molecule has 0 fully saturated rings. The topological polar surface area (TPSA) is 74.0 Å². The van der Waals surface area contributed by atoms with E-state index in [0.717, 1.165) is 16.7 Å². The first-order valence-electron chi connectivity index (χ1n) is 9.70. The Kier molecular flexibility index (Phi) is 6.09. The molecule has 1 heterocycles. The van der Waals surface area contributed by atoms with Gasteiger partial charge in [0.15, 0.2) is 0 Å². The van der Waals surface area contributed by atoms with Crippen LogP contribution in [-0.4, -0.2) is 16.1 Å². The molecule has 0 aliphatic rings. The van der Waals surface area contributed by atoms with Crippen molar-refractivity contribution in [1.82, 2.24) is 4.98 Å². The minimum atomic E-state index is -1.06. The second kappa shape index (κ2) is 8.70. The Morgan fingerprint density at radius 3 is 2.28 bits per heavy atom. The monoisotopic (exact) mass is 384 g/mol. The standard InChI is InChI=1S/C25H24N2O2/c1-16(2)13-21-20(15-26)23(19-11-9-17(3)10-12-19)24(25(28)29)22(27-21)14-18-7-5-4-6-8-18/h4-12,16H,13-14H2,1-3H3,(H,28,29). The van der Waals surface area contributed by atoms with E-state index in [9.17, 15) is 15.2 Å². The van der Waals surface area contributed by atoms with Crippen molar-refractivity contribution < 1.29 is 9.90 Å². The number of nitriles is 1. The molecule has 0 saturated carbocycles. The van der Waals surface area contributed by atoms with Gasteiger partial charge in [-0.05, 0) is 30.4 Å². The summed E-state index contributed by atoms with van der Waals surface area (Å²) in [5.74, 6) is -0.771. The molecule has 29 heavy (non-hydrogen) atoms. The SMILES string of the molecule is Cc1ccc(-c2c(C#N)c(CC(C)C)nc(Cc3ccccc3)c2C(=O)O)cc1. The van der Waals surface area contributed by atoms with E-state index in [1.165, 1.54) is 0 Å². The van der Waals surface area contributed by atoms with Gasteiger partial charge in [0.25, 0.3) is 0 Å². The summed E-state index contributed by atoms with van der Waals surface area (Å²) in [5.41, 5.74) is 4.88. The van der Waals surface area contributed by atoms with Crippen molar-refractivity contribution >= 4 is 5.97 Å². The molecule has 0 atom stereocenters. The Morgan fingerprint density at radius 2 is 1.72 bits per heavy atom. The lowest BCUT2D eigenvalue weighted by Gasteiger charge is -2.18. The van der Waals surface area contributed by atoms with Crippen molar-refractivity contribution in [2.75, 3.05) is 0 Å². The summed E-state index contributed by atoms with van der Waals surface area (Å²) in [6.07, 6.45) is 1.02. The zero-order valence-corrected chi connectivity index (χ0v) is 16.9. The molecule has 0 aliphatic carbocycles. The van der Waals surface area contributed by atoms with Gasteiger partial charge >= 0.3 is 5.97 Å². The number of carboxylic acid groups (broad SMARTS) is 1. The van der Waals surface area contributed by atoms with Gasteiger partial charge < -0.3 is 5.11 Å². The number of carbonyl (C=O) groups is 1. The van der Waals surface area contributed by atoms with E-state index in [1.807, 2.05) is 61.5 Å². The van der Waals surface area contributed by atoms with Crippen molar-refractivity contribution in [2.24, 2.45) is 5.92 Å². The first-order chi connectivity index (χ1) is 13.9. The number of rotatable bonds is 6. The number of aromatic nitrogens is 1. The molecule has 1 aromatic heterocycles. The molecular formula is C25H24N2O2. The van der Waals surface area contributed by atoms with E-state index in [1.54, 1.807) is 0 Å². The maximum atomic E-state index is 12.3. The van der Waals surface area contributed by atoms with Gasteiger partial charge in [0.2, 0.25) is 0 Å². The number of carboxylic acids is 1. The summed E-state index contributed by atoms with van der Waals surface area (Å²) in [6, 6.07) is 19.6. The van der Waals surface area contributed by atoms with Gasteiger partial charge in [0.1, 0.15) is 6.07 Å². The molecule has 0 saturated heterocycles. The van der Waals surface area contributed by atoms with Crippen LogP contribution in [0.2, 0.25) is 0 Å². The first-order valence-corrected chi connectivity index (χ1v) is 9.70. The number of benzene rings is 2. The predicted octanol–water partition coefficient (Wildman–Crippen LogP) is 5.42. The summed E-state index contributed by atoms with van der Waals surface area (Å²) in [6.45, 7) is 6.11. The van der Waals surface area contributed by atoms with E-state index in [4.69, 9.17) is 4.98 Å². The van der Waals surface area contributed by atoms with Crippen LogP contribution in [-0.2, 0) is 12.8 Å². The zero-order valence-electron chi connectivity index (χ0n) is 16.9. The predicted molar refractivity (Wildman–Crippen MR) is 114 cm³/mol. The largest absolute Gasteiger partial charge is 0.478 e. The maximum absolute atomic E-state index is 12.3. The Bertz CT molecular complexity index is 1060. The van der Waals surface area contributed by atoms with Crippen LogP contribution >= 0.6 is 0 Å². The second-order valence-electron chi connectivity index (χ2n) is 7.67. The fourth-order valence-electron chi connectivity index (χ4n) is 3.50. The molecular weight excluding hydrogens is 360 g/mol. The highest BCUT2D eigenvalue weighted by atomic mass is 16.4. The van der Waals surface area contributed by atoms with Crippen LogP contribution in [0.5, 0.6) is 0 Å². The van der Waals surface area contributed by atoms with E-state index in [2.05, 4.69) is 19.9 Å². The third-order valence-electron chi connectivity index (χ3n) is 4.83. The number of aromatic carboxylic acids is 1. The molecule has 0 aliphatic heterocycles. The van der Waals surface area contributed by atoms with Gasteiger partial charge in [0, 0.05) is 12.0 Å². The maximum Gasteiger partial charge on any atom is 0.338 e. The number of nitrogens with zero attached hydrogens (tertiary/aromatic N) is 2. The molecule has 1 N–H and O–H groups in total. The van der Waals surface area contributed by atoms with E-state index < -0.39 is 5.97 Å². The van der Waals surface area contributed by atoms with Crippen LogP contribution in [0.4, 0.5) is 0 Å². The molecule has 0 bridgehead atoms. The smallest absolute Gasteiger partial charge is 0.338 e. The molecule has 0 radical (unpaired) electrons. The van der Waals surface area contributed by atoms with Crippen molar-refractivity contribution in [3.8, 4) is 17.2 Å². The Hall–Kier alpha value is -3.45. The van der Waals surface area contributed by atoms with Crippen molar-refractivity contribution in [1.29, 1.82) is 5.26 Å². The van der Waals surface area contributed by atoms with E-state index in [-0.39, 0.29) is 5.56 Å². The van der Waals surface area contributed by atoms with Gasteiger partial charge in [-0.1, -0.05) is 74.0 Å². The van der Waals surface area contributed by atoms with Gasteiger partial charge in [-0.2, -0.15) is 5.26 Å². The summed E-state index contributed by atoms with van der Waals surface area (Å²) < 4.78 is 0. The Balaban J connectivity index is 2.32. The third kappa shape index (κ3) is 4.52. The lowest BCUT2D eigenvalue weighted by atomic mass is 9.89. The molecule has 2 aromatic carbocycles. The van der Waals surface area contributed by atoms with Crippen LogP contribution in [0.15, 0.2) is 54.6 Å². The quantitative estimate of drug-likeness (QED) is 0.616. The summed E-state index contributed by atoms with van der Waals surface area (Å²) in [5, 5.41) is 20.0. The molecule has 0 unspecified atom stereocenters. The van der Waals surface area contributed by atoms with Crippen molar-refractivity contribution in [3.05, 3.63) is 88.2 Å². The van der Waals surface area contributed by atoms with Gasteiger partial charge in [-0.15, -0.1) is 0 Å². The van der Waals surface area contributed by atoms with Gasteiger partial charge in [-0.3, -0.25) is 4.98 Å². The van der Waals surface area contributed by atoms with E-state index in [0.29, 0.717) is 41.3 Å². The molecule has 4 heteroatoms. The van der Waals surface area contributed by atoms with Crippen molar-refractivity contribution in [3.63, 3.8) is 0 Å². The lowest BCUT2D eigenvalue weighted by molar-refractivity contribution is 0.0696. The first kappa shape index (κ1) is 20.3. The highest BCUT2D eigenvalue weighted by Gasteiger charge is 2.25. The Labute approximate surface area is 171 Å². The highest BCUT2D eigenvalue weighted by Crippen LogP contribution is 2.33. The minimum absolute atomic E-state index is 0.113. The fourth-order valence-corrected chi connectivity index (χ4v) is 3.50. The normalized spacial score (nSPS) is 10.7. The van der Waals surface area contributed by atoms with Gasteiger partial charge in [0.05, 0.1) is 22.5 Å². The number of hydrogen-bond acceptors (Lipinski definition) is 3. The fraction of sp³-hybridized carbons (Fsp3) is 0.240. The van der Waals surface area contributed by atoms with Crippen LogP contribution in [0.25, 0.3) is 11.1 Å². The average Bonchev–Trinajstić information content (AvgIpc) is 2.68. The van der Waals surface area contributed by atoms with E-state index >= 15 is 0 Å².